The van der Waals surface area contributed by atoms with Crippen molar-refractivity contribution in [3.63, 3.8) is 0 Å². The van der Waals surface area contributed by atoms with Gasteiger partial charge in [0, 0.05) is 12.6 Å². The van der Waals surface area contributed by atoms with Crippen LogP contribution in [-0.2, 0) is 4.79 Å². The molecule has 1 aliphatic rings. The first kappa shape index (κ1) is 13.9. The lowest BCUT2D eigenvalue weighted by molar-refractivity contribution is -0.141. The quantitative estimate of drug-likeness (QED) is 0.876. The van der Waals surface area contributed by atoms with Crippen molar-refractivity contribution < 1.29 is 14.6 Å². The average molecular weight is 263 g/mol. The lowest BCUT2D eigenvalue weighted by Crippen LogP contribution is -2.17. The Hall–Kier alpha value is -1.55. The van der Waals surface area contributed by atoms with Gasteiger partial charge in [-0.2, -0.15) is 0 Å². The highest BCUT2D eigenvalue weighted by atomic mass is 16.5. The molecule has 1 aliphatic heterocycles. The molecule has 1 aromatic carbocycles. The van der Waals surface area contributed by atoms with Gasteiger partial charge in [0.15, 0.2) is 0 Å². The molecule has 0 spiro atoms. The fraction of sp³-hybridized carbons (Fsp3) is 0.533. The van der Waals surface area contributed by atoms with E-state index in [0.29, 0.717) is 18.9 Å². The molecule has 0 aromatic heterocycles. The van der Waals surface area contributed by atoms with E-state index in [1.807, 2.05) is 12.1 Å². The molecule has 2 N–H and O–H groups in total. The van der Waals surface area contributed by atoms with E-state index in [2.05, 4.69) is 25.2 Å². The van der Waals surface area contributed by atoms with Crippen molar-refractivity contribution in [1.29, 1.82) is 0 Å². The summed E-state index contributed by atoms with van der Waals surface area (Å²) in [5.74, 6) is 0.278. The summed E-state index contributed by atoms with van der Waals surface area (Å²) in [5, 5.41) is 12.3. The van der Waals surface area contributed by atoms with Crippen molar-refractivity contribution in [2.45, 2.75) is 32.2 Å². The number of hydrogen-bond acceptors (Lipinski definition) is 3. The van der Waals surface area contributed by atoms with Crippen LogP contribution in [0.3, 0.4) is 0 Å². The SMILES string of the molecule is COc1ccc(C2CC(C(=O)O)CN2)cc1C(C)C. The Morgan fingerprint density at radius 3 is 2.74 bits per heavy atom. The monoisotopic (exact) mass is 263 g/mol. The Morgan fingerprint density at radius 1 is 1.47 bits per heavy atom. The van der Waals surface area contributed by atoms with Gasteiger partial charge in [0.25, 0.3) is 0 Å². The van der Waals surface area contributed by atoms with Crippen LogP contribution in [-0.4, -0.2) is 24.7 Å². The second kappa shape index (κ2) is 5.61. The van der Waals surface area contributed by atoms with E-state index in [9.17, 15) is 4.79 Å². The number of methoxy groups -OCH3 is 1. The smallest absolute Gasteiger partial charge is 0.307 e. The second-order valence-electron chi connectivity index (χ2n) is 5.39. The van der Waals surface area contributed by atoms with Gasteiger partial charge in [0.2, 0.25) is 0 Å². The number of nitrogens with one attached hydrogen (secondary N) is 1. The molecular weight excluding hydrogens is 242 g/mol. The molecule has 1 saturated heterocycles. The third-order valence-electron chi connectivity index (χ3n) is 3.76. The normalized spacial score (nSPS) is 22.7. The molecule has 0 radical (unpaired) electrons. The maximum atomic E-state index is 11.0. The molecule has 4 nitrogen and oxygen atoms in total. The lowest BCUT2D eigenvalue weighted by atomic mass is 9.94. The predicted molar refractivity (Wildman–Crippen MR) is 73.6 cm³/mol. The molecule has 2 unspecified atom stereocenters. The first-order valence-corrected chi connectivity index (χ1v) is 6.67. The number of benzene rings is 1. The Balaban J connectivity index is 2.22. The molecule has 1 aromatic rings. The second-order valence-corrected chi connectivity index (χ2v) is 5.39. The maximum Gasteiger partial charge on any atom is 0.307 e. The van der Waals surface area contributed by atoms with Gasteiger partial charge in [-0.15, -0.1) is 0 Å². The van der Waals surface area contributed by atoms with Gasteiger partial charge in [-0.05, 0) is 29.5 Å². The molecule has 2 atom stereocenters. The van der Waals surface area contributed by atoms with Gasteiger partial charge >= 0.3 is 5.97 Å². The third kappa shape index (κ3) is 2.89. The van der Waals surface area contributed by atoms with Crippen molar-refractivity contribution >= 4 is 5.97 Å². The Labute approximate surface area is 113 Å². The van der Waals surface area contributed by atoms with E-state index < -0.39 is 5.97 Å². The van der Waals surface area contributed by atoms with Crippen LogP contribution < -0.4 is 10.1 Å². The average Bonchev–Trinajstić information content (AvgIpc) is 2.87. The van der Waals surface area contributed by atoms with Crippen molar-refractivity contribution in [3.05, 3.63) is 29.3 Å². The molecule has 1 fully saturated rings. The van der Waals surface area contributed by atoms with E-state index in [1.54, 1.807) is 7.11 Å². The summed E-state index contributed by atoms with van der Waals surface area (Å²) in [7, 11) is 1.68. The van der Waals surface area contributed by atoms with Gasteiger partial charge in [0.1, 0.15) is 5.75 Å². The van der Waals surface area contributed by atoms with E-state index >= 15 is 0 Å². The van der Waals surface area contributed by atoms with E-state index in [-0.39, 0.29) is 12.0 Å². The molecule has 0 amide bonds. The molecule has 0 aliphatic carbocycles. The predicted octanol–water partition coefficient (Wildman–Crippen LogP) is 2.55. The zero-order valence-corrected chi connectivity index (χ0v) is 11.6. The largest absolute Gasteiger partial charge is 0.496 e. The summed E-state index contributed by atoms with van der Waals surface area (Å²) in [6.07, 6.45) is 0.652. The minimum atomic E-state index is -0.715. The highest BCUT2D eigenvalue weighted by Crippen LogP contribution is 2.33. The Kier molecular flexibility index (Phi) is 4.10. The number of hydrogen-bond donors (Lipinski definition) is 2. The molecule has 19 heavy (non-hydrogen) atoms. The van der Waals surface area contributed by atoms with Gasteiger partial charge in [-0.25, -0.2) is 0 Å². The van der Waals surface area contributed by atoms with E-state index in [1.165, 1.54) is 5.56 Å². The number of carbonyl (C=O) groups is 1. The maximum absolute atomic E-state index is 11.0. The van der Waals surface area contributed by atoms with Crippen LogP contribution in [0.1, 0.15) is 43.4 Å². The summed E-state index contributed by atoms with van der Waals surface area (Å²) in [6.45, 7) is 4.80. The van der Waals surface area contributed by atoms with Crippen molar-refractivity contribution in [1.82, 2.24) is 5.32 Å². The number of aliphatic carboxylic acids is 1. The van der Waals surface area contributed by atoms with Crippen molar-refractivity contribution in [2.24, 2.45) is 5.92 Å². The van der Waals surface area contributed by atoms with Crippen LogP contribution in [0.15, 0.2) is 18.2 Å². The first-order valence-electron chi connectivity index (χ1n) is 6.67. The zero-order chi connectivity index (χ0) is 14.0. The summed E-state index contributed by atoms with van der Waals surface area (Å²) in [6, 6.07) is 6.25. The molecule has 104 valence electrons. The molecular formula is C15H21NO3. The summed E-state index contributed by atoms with van der Waals surface area (Å²) in [4.78, 5) is 11.0. The minimum absolute atomic E-state index is 0.129. The van der Waals surface area contributed by atoms with Crippen LogP contribution in [0.4, 0.5) is 0 Å². The standard InChI is InChI=1S/C15H21NO3/c1-9(2)12-6-10(4-5-14(12)19-3)13-7-11(8-16-13)15(17)18/h4-6,9,11,13,16H,7-8H2,1-3H3,(H,17,18). The highest BCUT2D eigenvalue weighted by molar-refractivity contribution is 5.70. The number of ether oxygens (including phenoxy) is 1. The summed E-state index contributed by atoms with van der Waals surface area (Å²) in [5.41, 5.74) is 2.31. The number of rotatable bonds is 4. The summed E-state index contributed by atoms with van der Waals surface area (Å²) < 4.78 is 5.37. The van der Waals surface area contributed by atoms with Gasteiger partial charge in [0.05, 0.1) is 13.0 Å². The lowest BCUT2D eigenvalue weighted by Gasteiger charge is -2.17. The Bertz CT molecular complexity index is 470. The Morgan fingerprint density at radius 2 is 2.21 bits per heavy atom. The topological polar surface area (TPSA) is 58.6 Å². The van der Waals surface area contributed by atoms with Gasteiger partial charge < -0.3 is 15.2 Å². The van der Waals surface area contributed by atoms with Crippen molar-refractivity contribution in [2.75, 3.05) is 13.7 Å². The highest BCUT2D eigenvalue weighted by Gasteiger charge is 2.30. The molecule has 0 saturated carbocycles. The van der Waals surface area contributed by atoms with E-state index in [4.69, 9.17) is 9.84 Å². The number of carboxylic acids is 1. The zero-order valence-electron chi connectivity index (χ0n) is 11.6. The minimum Gasteiger partial charge on any atom is -0.496 e. The van der Waals surface area contributed by atoms with Crippen LogP contribution in [0.2, 0.25) is 0 Å². The van der Waals surface area contributed by atoms with Crippen LogP contribution in [0.25, 0.3) is 0 Å². The van der Waals surface area contributed by atoms with Gasteiger partial charge in [-0.3, -0.25) is 4.79 Å². The van der Waals surface area contributed by atoms with Crippen molar-refractivity contribution in [3.8, 4) is 5.75 Å². The van der Waals surface area contributed by atoms with Gasteiger partial charge in [-0.1, -0.05) is 26.0 Å². The molecule has 0 bridgehead atoms. The fourth-order valence-corrected chi connectivity index (χ4v) is 2.60. The molecule has 4 heteroatoms. The third-order valence-corrected chi connectivity index (χ3v) is 3.76. The van der Waals surface area contributed by atoms with Crippen LogP contribution in [0, 0.1) is 5.92 Å². The van der Waals surface area contributed by atoms with E-state index in [0.717, 1.165) is 11.3 Å². The molecule has 1 heterocycles. The van der Waals surface area contributed by atoms with Crippen LogP contribution in [0.5, 0.6) is 5.75 Å². The first-order chi connectivity index (χ1) is 9.02. The van der Waals surface area contributed by atoms with Crippen LogP contribution >= 0.6 is 0 Å². The molecule has 2 rings (SSSR count). The summed E-state index contributed by atoms with van der Waals surface area (Å²) >= 11 is 0. The number of carboxylic acid groups (broad SMARTS) is 1. The fourth-order valence-electron chi connectivity index (χ4n) is 2.60.